The molecule has 3 nitrogen and oxygen atoms in total. The molecular weight excluding hydrogens is 221 g/mol. The fraction of sp³-hybridized carbons (Fsp3) is 0.462. The zero-order valence-corrected chi connectivity index (χ0v) is 9.53. The molecule has 1 saturated heterocycles. The summed E-state index contributed by atoms with van der Waals surface area (Å²) in [6, 6.07) is 6.58. The van der Waals surface area contributed by atoms with E-state index in [4.69, 9.17) is 5.11 Å². The number of halogens is 1. The third-order valence-electron chi connectivity index (χ3n) is 3.18. The molecule has 1 aromatic carbocycles. The highest BCUT2D eigenvalue weighted by Gasteiger charge is 2.23. The van der Waals surface area contributed by atoms with Gasteiger partial charge in [-0.15, -0.1) is 0 Å². The first kappa shape index (κ1) is 12.0. The number of hydrogen-bond acceptors (Lipinski definition) is 2. The summed E-state index contributed by atoms with van der Waals surface area (Å²) in [5.74, 6) is -1.02. The normalized spacial score (nSPS) is 24.5. The van der Waals surface area contributed by atoms with E-state index >= 15 is 0 Å². The van der Waals surface area contributed by atoms with Crippen LogP contribution in [0.1, 0.15) is 37.3 Å². The van der Waals surface area contributed by atoms with Crippen LogP contribution in [-0.2, 0) is 4.79 Å². The van der Waals surface area contributed by atoms with E-state index in [2.05, 4.69) is 5.32 Å². The molecule has 1 fully saturated rings. The number of carbonyl (C=O) groups is 1. The molecule has 0 aliphatic carbocycles. The summed E-state index contributed by atoms with van der Waals surface area (Å²) in [5.41, 5.74) is 1.03. The number of carboxylic acid groups (broad SMARTS) is 1. The highest BCUT2D eigenvalue weighted by Crippen LogP contribution is 2.26. The first-order chi connectivity index (χ1) is 8.15. The molecule has 0 aromatic heterocycles. The maximum atomic E-state index is 12.8. The minimum atomic E-state index is -0.776. The van der Waals surface area contributed by atoms with E-state index in [1.54, 1.807) is 12.1 Å². The van der Waals surface area contributed by atoms with Crippen molar-refractivity contribution in [1.29, 1.82) is 0 Å². The molecule has 17 heavy (non-hydrogen) atoms. The number of hydrogen-bond donors (Lipinski definition) is 2. The largest absolute Gasteiger partial charge is 0.481 e. The van der Waals surface area contributed by atoms with Gasteiger partial charge in [0, 0.05) is 12.1 Å². The van der Waals surface area contributed by atoms with Gasteiger partial charge >= 0.3 is 5.97 Å². The van der Waals surface area contributed by atoms with Crippen molar-refractivity contribution in [2.24, 2.45) is 0 Å². The second kappa shape index (κ2) is 5.27. The van der Waals surface area contributed by atoms with E-state index in [0.717, 1.165) is 24.8 Å². The number of aliphatic carboxylic acids is 1. The summed E-state index contributed by atoms with van der Waals surface area (Å²) in [6.45, 7) is 0. The van der Waals surface area contributed by atoms with Crippen LogP contribution in [-0.4, -0.2) is 17.1 Å². The van der Waals surface area contributed by atoms with Gasteiger partial charge in [-0.2, -0.15) is 0 Å². The third kappa shape index (κ3) is 3.27. The number of benzene rings is 1. The van der Waals surface area contributed by atoms with Crippen LogP contribution < -0.4 is 5.32 Å². The quantitative estimate of drug-likeness (QED) is 0.849. The van der Waals surface area contributed by atoms with Crippen LogP contribution in [0.5, 0.6) is 0 Å². The van der Waals surface area contributed by atoms with Crippen LogP contribution in [0.4, 0.5) is 4.39 Å². The lowest BCUT2D eigenvalue weighted by molar-refractivity contribution is -0.137. The molecule has 92 valence electrons. The first-order valence-electron chi connectivity index (χ1n) is 5.88. The minimum absolute atomic E-state index is 0.0244. The predicted molar refractivity (Wildman–Crippen MR) is 62.2 cm³/mol. The SMILES string of the molecule is O=C(O)CC1CCCC(c2ccc(F)cc2)N1. The molecule has 1 aromatic rings. The Morgan fingerprint density at radius 2 is 2.06 bits per heavy atom. The van der Waals surface area contributed by atoms with Crippen LogP contribution in [0.2, 0.25) is 0 Å². The molecular formula is C13H16FNO2. The van der Waals surface area contributed by atoms with Crippen molar-refractivity contribution in [1.82, 2.24) is 5.32 Å². The van der Waals surface area contributed by atoms with Crippen LogP contribution >= 0.6 is 0 Å². The Morgan fingerprint density at radius 1 is 1.35 bits per heavy atom. The van der Waals surface area contributed by atoms with Crippen molar-refractivity contribution in [2.45, 2.75) is 37.8 Å². The number of carboxylic acids is 1. The Bertz CT molecular complexity index is 391. The van der Waals surface area contributed by atoms with Crippen molar-refractivity contribution >= 4 is 5.97 Å². The Hall–Kier alpha value is -1.42. The Labute approximate surface area is 99.7 Å². The van der Waals surface area contributed by atoms with Gasteiger partial charge in [0.2, 0.25) is 0 Å². The molecule has 2 rings (SSSR count). The predicted octanol–water partition coefficient (Wildman–Crippen LogP) is 2.48. The van der Waals surface area contributed by atoms with E-state index in [0.29, 0.717) is 0 Å². The monoisotopic (exact) mass is 237 g/mol. The highest BCUT2D eigenvalue weighted by molar-refractivity contribution is 5.67. The smallest absolute Gasteiger partial charge is 0.304 e. The van der Waals surface area contributed by atoms with Gasteiger partial charge in [0.1, 0.15) is 5.82 Å². The van der Waals surface area contributed by atoms with Crippen molar-refractivity contribution in [3.8, 4) is 0 Å². The molecule has 4 heteroatoms. The zero-order chi connectivity index (χ0) is 12.3. The maximum Gasteiger partial charge on any atom is 0.304 e. The average Bonchev–Trinajstić information content (AvgIpc) is 2.29. The van der Waals surface area contributed by atoms with Gasteiger partial charge in [-0.1, -0.05) is 12.1 Å². The van der Waals surface area contributed by atoms with E-state index in [1.165, 1.54) is 12.1 Å². The fourth-order valence-corrected chi connectivity index (χ4v) is 2.35. The van der Waals surface area contributed by atoms with Crippen LogP contribution in [0.3, 0.4) is 0 Å². The first-order valence-corrected chi connectivity index (χ1v) is 5.88. The summed E-state index contributed by atoms with van der Waals surface area (Å²) < 4.78 is 12.8. The lowest BCUT2D eigenvalue weighted by atomic mass is 9.92. The molecule has 2 unspecified atom stereocenters. The second-order valence-corrected chi connectivity index (χ2v) is 4.50. The number of rotatable bonds is 3. The van der Waals surface area contributed by atoms with Gasteiger partial charge < -0.3 is 10.4 Å². The summed E-state index contributed by atoms with van der Waals surface area (Å²) in [7, 11) is 0. The lowest BCUT2D eigenvalue weighted by Crippen LogP contribution is -2.38. The van der Waals surface area contributed by atoms with Gasteiger partial charge in [0.05, 0.1) is 6.42 Å². The van der Waals surface area contributed by atoms with Crippen molar-refractivity contribution in [3.05, 3.63) is 35.6 Å². The number of nitrogens with one attached hydrogen (secondary N) is 1. The van der Waals surface area contributed by atoms with Gasteiger partial charge in [-0.05, 0) is 37.0 Å². The molecule has 1 heterocycles. The van der Waals surface area contributed by atoms with E-state index in [9.17, 15) is 9.18 Å². The maximum absolute atomic E-state index is 12.8. The Balaban J connectivity index is 2.01. The van der Waals surface area contributed by atoms with Gasteiger partial charge in [0.25, 0.3) is 0 Å². The molecule has 1 aliphatic rings. The summed E-state index contributed by atoms with van der Waals surface area (Å²) >= 11 is 0. The molecule has 2 N–H and O–H groups in total. The Morgan fingerprint density at radius 3 is 2.71 bits per heavy atom. The third-order valence-corrected chi connectivity index (χ3v) is 3.18. The number of piperidine rings is 1. The van der Waals surface area contributed by atoms with Gasteiger partial charge in [0.15, 0.2) is 0 Å². The molecule has 2 atom stereocenters. The lowest BCUT2D eigenvalue weighted by Gasteiger charge is -2.30. The highest BCUT2D eigenvalue weighted by atomic mass is 19.1. The Kier molecular flexibility index (Phi) is 3.74. The molecule has 0 saturated carbocycles. The van der Waals surface area contributed by atoms with Crippen molar-refractivity contribution < 1.29 is 14.3 Å². The summed E-state index contributed by atoms with van der Waals surface area (Å²) in [6.07, 6.45) is 3.02. The second-order valence-electron chi connectivity index (χ2n) is 4.50. The van der Waals surface area contributed by atoms with E-state index < -0.39 is 5.97 Å². The standard InChI is InChI=1S/C13H16FNO2/c14-10-6-4-9(5-7-10)12-3-1-2-11(15-12)8-13(16)17/h4-7,11-12,15H,1-3,8H2,(H,16,17). The van der Waals surface area contributed by atoms with Crippen LogP contribution in [0, 0.1) is 5.82 Å². The molecule has 0 amide bonds. The fourth-order valence-electron chi connectivity index (χ4n) is 2.35. The summed E-state index contributed by atoms with van der Waals surface area (Å²) in [4.78, 5) is 10.7. The van der Waals surface area contributed by atoms with Crippen molar-refractivity contribution in [2.75, 3.05) is 0 Å². The van der Waals surface area contributed by atoms with E-state index in [1.807, 2.05) is 0 Å². The molecule has 0 spiro atoms. The van der Waals surface area contributed by atoms with E-state index in [-0.39, 0.29) is 24.3 Å². The van der Waals surface area contributed by atoms with Gasteiger partial charge in [-0.25, -0.2) is 4.39 Å². The molecule has 0 bridgehead atoms. The minimum Gasteiger partial charge on any atom is -0.481 e. The van der Waals surface area contributed by atoms with Crippen molar-refractivity contribution in [3.63, 3.8) is 0 Å². The summed E-state index contributed by atoms with van der Waals surface area (Å²) in [5, 5.41) is 12.1. The topological polar surface area (TPSA) is 49.3 Å². The van der Waals surface area contributed by atoms with Crippen LogP contribution in [0.25, 0.3) is 0 Å². The molecule has 0 radical (unpaired) electrons. The molecule has 1 aliphatic heterocycles. The zero-order valence-electron chi connectivity index (χ0n) is 9.53. The van der Waals surface area contributed by atoms with Gasteiger partial charge in [-0.3, -0.25) is 4.79 Å². The van der Waals surface area contributed by atoms with Crippen LogP contribution in [0.15, 0.2) is 24.3 Å². The average molecular weight is 237 g/mol.